The van der Waals surface area contributed by atoms with E-state index in [1.807, 2.05) is 0 Å². The zero-order valence-electron chi connectivity index (χ0n) is 13.5. The average molecular weight is 418 g/mol. The molecule has 0 fully saturated rings. The van der Waals surface area contributed by atoms with Crippen molar-refractivity contribution in [2.45, 2.75) is 12.4 Å². The number of carbonyl (C=O) groups excluding carboxylic acids is 1. The highest BCUT2D eigenvalue weighted by Crippen LogP contribution is 2.39. The second-order valence-electron chi connectivity index (χ2n) is 5.77. The normalized spacial score (nSPS) is 12.4. The van der Waals surface area contributed by atoms with E-state index in [-0.39, 0.29) is 33.6 Å². The van der Waals surface area contributed by atoms with Crippen molar-refractivity contribution in [3.63, 3.8) is 0 Å². The highest BCUT2D eigenvalue weighted by Gasteiger charge is 2.37. The van der Waals surface area contributed by atoms with Crippen LogP contribution in [0.1, 0.15) is 21.5 Å². The topological polar surface area (TPSA) is 54.4 Å². The van der Waals surface area contributed by atoms with Crippen molar-refractivity contribution >= 4 is 27.7 Å². The Morgan fingerprint density at radius 2 is 1.43 bits per heavy atom. The van der Waals surface area contributed by atoms with Crippen LogP contribution >= 0.6 is 11.3 Å². The number of aldehydes is 1. The van der Waals surface area contributed by atoms with Crippen LogP contribution in [0.4, 0.5) is 26.3 Å². The Kier molecular flexibility index (Phi) is 4.70. The van der Waals surface area contributed by atoms with Gasteiger partial charge in [-0.1, -0.05) is 17.4 Å². The summed E-state index contributed by atoms with van der Waals surface area (Å²) in [5.41, 5.74) is -4.56. The molecule has 0 saturated carbocycles. The molecule has 1 N–H and O–H groups in total. The number of carbonyl (C=O) groups is 1. The van der Waals surface area contributed by atoms with Crippen LogP contribution in [0.5, 0.6) is 5.06 Å². The maximum atomic E-state index is 13.0. The SMILES string of the molecule is O=Cc1c(O)sc2cc(-c3cc(C(F)(F)F)cc(C(F)(F)F)c3)ccc2c1=O. The zero-order chi connectivity index (χ0) is 20.9. The highest BCUT2D eigenvalue weighted by molar-refractivity contribution is 7.20. The van der Waals surface area contributed by atoms with Crippen LogP contribution < -0.4 is 5.43 Å². The molecule has 3 rings (SSSR count). The van der Waals surface area contributed by atoms with E-state index in [9.17, 15) is 41.0 Å². The van der Waals surface area contributed by atoms with Crippen LogP contribution in [0.15, 0.2) is 41.2 Å². The predicted molar refractivity (Wildman–Crippen MR) is 90.6 cm³/mol. The average Bonchev–Trinajstić information content (AvgIpc) is 2.59. The maximum absolute atomic E-state index is 13.0. The molecule has 0 radical (unpaired) electrons. The molecule has 0 spiro atoms. The molecule has 0 aliphatic rings. The quantitative estimate of drug-likeness (QED) is 0.443. The number of halogens is 6. The van der Waals surface area contributed by atoms with E-state index in [0.29, 0.717) is 23.5 Å². The van der Waals surface area contributed by atoms with Crippen LogP contribution in [0.25, 0.3) is 21.2 Å². The summed E-state index contributed by atoms with van der Waals surface area (Å²) < 4.78 is 78.2. The summed E-state index contributed by atoms with van der Waals surface area (Å²) in [6.07, 6.45) is -9.81. The molecular weight excluding hydrogens is 410 g/mol. The Balaban J connectivity index is 2.27. The van der Waals surface area contributed by atoms with Crippen molar-refractivity contribution in [1.82, 2.24) is 0 Å². The molecule has 146 valence electrons. The Bertz CT molecular complexity index is 1110. The van der Waals surface area contributed by atoms with Gasteiger partial charge in [0.2, 0.25) is 5.43 Å². The standard InChI is InChI=1S/C18H8F6O3S/c19-17(20,21)10-3-9(4-11(6-10)18(22,23)24)8-1-2-12-14(5-8)28-16(27)13(7-25)15(12)26/h1-7,27H. The van der Waals surface area contributed by atoms with Gasteiger partial charge in [0, 0.05) is 10.1 Å². The molecule has 0 amide bonds. The minimum Gasteiger partial charge on any atom is -0.499 e. The molecule has 10 heteroatoms. The first-order valence-corrected chi connectivity index (χ1v) is 8.28. The fourth-order valence-electron chi connectivity index (χ4n) is 2.60. The first-order valence-electron chi connectivity index (χ1n) is 7.46. The van der Waals surface area contributed by atoms with Gasteiger partial charge < -0.3 is 5.11 Å². The molecule has 1 aromatic heterocycles. The number of fused-ring (bicyclic) bond motifs is 1. The molecule has 28 heavy (non-hydrogen) atoms. The number of rotatable bonds is 2. The van der Waals surface area contributed by atoms with Gasteiger partial charge in [-0.05, 0) is 41.5 Å². The lowest BCUT2D eigenvalue weighted by Gasteiger charge is -2.14. The first kappa shape index (κ1) is 19.9. The molecule has 0 unspecified atom stereocenters. The van der Waals surface area contributed by atoms with Gasteiger partial charge in [0.25, 0.3) is 0 Å². The third-order valence-electron chi connectivity index (χ3n) is 3.95. The van der Waals surface area contributed by atoms with E-state index >= 15 is 0 Å². The molecule has 0 aliphatic carbocycles. The third-order valence-corrected chi connectivity index (χ3v) is 4.92. The van der Waals surface area contributed by atoms with Crippen LogP contribution in [0.3, 0.4) is 0 Å². The summed E-state index contributed by atoms with van der Waals surface area (Å²) in [6.45, 7) is 0. The number of aromatic hydroxyl groups is 1. The van der Waals surface area contributed by atoms with Gasteiger partial charge in [-0.25, -0.2) is 0 Å². The minimum absolute atomic E-state index is 0.0108. The van der Waals surface area contributed by atoms with Crippen LogP contribution in [0.2, 0.25) is 0 Å². The van der Waals surface area contributed by atoms with E-state index in [0.717, 1.165) is 0 Å². The van der Waals surface area contributed by atoms with Crippen LogP contribution in [-0.4, -0.2) is 11.4 Å². The molecule has 3 aromatic rings. The third kappa shape index (κ3) is 3.59. The smallest absolute Gasteiger partial charge is 0.416 e. The van der Waals surface area contributed by atoms with Crippen molar-refractivity contribution in [3.8, 4) is 16.2 Å². The van der Waals surface area contributed by atoms with E-state index in [4.69, 9.17) is 0 Å². The Hall–Kier alpha value is -2.88. The first-order chi connectivity index (χ1) is 12.9. The lowest BCUT2D eigenvalue weighted by Crippen LogP contribution is -2.11. The largest absolute Gasteiger partial charge is 0.499 e. The Labute approximate surface area is 156 Å². The van der Waals surface area contributed by atoms with E-state index < -0.39 is 39.5 Å². The summed E-state index contributed by atoms with van der Waals surface area (Å²) in [5, 5.41) is 9.16. The van der Waals surface area contributed by atoms with Gasteiger partial charge in [-0.15, -0.1) is 0 Å². The zero-order valence-corrected chi connectivity index (χ0v) is 14.3. The number of hydrogen-bond acceptors (Lipinski definition) is 4. The monoisotopic (exact) mass is 418 g/mol. The van der Waals surface area contributed by atoms with Gasteiger partial charge >= 0.3 is 12.4 Å². The van der Waals surface area contributed by atoms with Crippen molar-refractivity contribution in [3.05, 3.63) is 63.3 Å². The summed E-state index contributed by atoms with van der Waals surface area (Å²) in [4.78, 5) is 23.0. The fourth-order valence-corrected chi connectivity index (χ4v) is 3.52. The van der Waals surface area contributed by atoms with Gasteiger partial charge in [-0.3, -0.25) is 9.59 Å². The Morgan fingerprint density at radius 3 is 1.93 bits per heavy atom. The summed E-state index contributed by atoms with van der Waals surface area (Å²) >= 11 is 0.615. The second-order valence-corrected chi connectivity index (χ2v) is 6.80. The van der Waals surface area contributed by atoms with Crippen molar-refractivity contribution < 1.29 is 36.2 Å². The molecule has 0 saturated heterocycles. The summed E-state index contributed by atoms with van der Waals surface area (Å²) in [6, 6.07) is 4.70. The fraction of sp³-hybridized carbons (Fsp3) is 0.111. The summed E-state index contributed by atoms with van der Waals surface area (Å²) in [7, 11) is 0. The molecule has 0 aliphatic heterocycles. The van der Waals surface area contributed by atoms with E-state index in [1.54, 1.807) is 0 Å². The number of benzene rings is 2. The van der Waals surface area contributed by atoms with Crippen LogP contribution in [-0.2, 0) is 12.4 Å². The molecule has 2 aromatic carbocycles. The van der Waals surface area contributed by atoms with Crippen molar-refractivity contribution in [1.29, 1.82) is 0 Å². The maximum Gasteiger partial charge on any atom is 0.416 e. The Morgan fingerprint density at radius 1 is 0.857 bits per heavy atom. The molecule has 0 atom stereocenters. The lowest BCUT2D eigenvalue weighted by molar-refractivity contribution is -0.143. The van der Waals surface area contributed by atoms with Crippen LogP contribution in [0, 0.1) is 0 Å². The predicted octanol–water partition coefficient (Wildman–Crippen LogP) is 5.48. The number of alkyl halides is 6. The van der Waals surface area contributed by atoms with Gasteiger partial charge in [0.1, 0.15) is 5.56 Å². The lowest BCUT2D eigenvalue weighted by atomic mass is 9.98. The van der Waals surface area contributed by atoms with E-state index in [1.165, 1.54) is 18.2 Å². The molecule has 3 nitrogen and oxygen atoms in total. The molecule has 0 bridgehead atoms. The second kappa shape index (κ2) is 6.62. The van der Waals surface area contributed by atoms with Gasteiger partial charge in [-0.2, -0.15) is 26.3 Å². The highest BCUT2D eigenvalue weighted by atomic mass is 32.1. The van der Waals surface area contributed by atoms with E-state index in [2.05, 4.69) is 0 Å². The summed E-state index contributed by atoms with van der Waals surface area (Å²) in [5.74, 6) is 0. The van der Waals surface area contributed by atoms with Gasteiger partial charge in [0.05, 0.1) is 11.1 Å². The van der Waals surface area contributed by atoms with Gasteiger partial charge in [0.15, 0.2) is 11.3 Å². The van der Waals surface area contributed by atoms with Crippen molar-refractivity contribution in [2.24, 2.45) is 0 Å². The van der Waals surface area contributed by atoms with Crippen molar-refractivity contribution in [2.75, 3.05) is 0 Å². The minimum atomic E-state index is -4.99. The molecular formula is C18H8F6O3S. The molecule has 1 heterocycles. The number of hydrogen-bond donors (Lipinski definition) is 1.